The minimum Gasteiger partial charge on any atom is -0.483 e. The van der Waals surface area contributed by atoms with Gasteiger partial charge < -0.3 is 10.2 Å². The van der Waals surface area contributed by atoms with E-state index in [1.54, 1.807) is 0 Å². The summed E-state index contributed by atoms with van der Waals surface area (Å²) in [7, 11) is 0. The molecule has 20 heavy (non-hydrogen) atoms. The Morgan fingerprint density at radius 3 is 1.60 bits per heavy atom. The highest BCUT2D eigenvalue weighted by Crippen LogP contribution is 1.81. The first-order chi connectivity index (χ1) is 9.58. The average Bonchev–Trinajstić information content (AvgIpc) is 2.46. The zero-order valence-corrected chi connectivity index (χ0v) is 10.1. The van der Waals surface area contributed by atoms with Gasteiger partial charge in [-0.3, -0.25) is 14.5 Å². The molecule has 0 aromatic heterocycles. The zero-order valence-electron chi connectivity index (χ0n) is 10.1. The van der Waals surface area contributed by atoms with Gasteiger partial charge in [0.2, 0.25) is 0 Å². The van der Waals surface area contributed by atoms with E-state index < -0.39 is 11.9 Å². The molecule has 0 saturated carbocycles. The molecule has 108 valence electrons. The SMILES string of the molecule is O=CO.O=COOC(=O)/C=C\C(=O)O.c1ccccc1. The molecule has 1 rings (SSSR count). The molecular weight excluding hydrogens is 272 g/mol. The fourth-order valence-electron chi connectivity index (χ4n) is 0.619. The molecule has 0 unspecified atom stereocenters. The van der Waals surface area contributed by atoms with Crippen molar-refractivity contribution in [2.45, 2.75) is 0 Å². The fraction of sp³-hybridized carbons (Fsp3) is 0. The Kier molecular flexibility index (Phi) is 15.2. The van der Waals surface area contributed by atoms with Crippen molar-refractivity contribution in [1.82, 2.24) is 0 Å². The van der Waals surface area contributed by atoms with Crippen molar-refractivity contribution in [1.29, 1.82) is 0 Å². The molecule has 0 aliphatic rings. The van der Waals surface area contributed by atoms with Gasteiger partial charge in [0.25, 0.3) is 6.47 Å². The third kappa shape index (κ3) is 20.3. The minimum atomic E-state index is -1.30. The third-order valence-electron chi connectivity index (χ3n) is 1.20. The summed E-state index contributed by atoms with van der Waals surface area (Å²) in [5, 5.41) is 14.9. The van der Waals surface area contributed by atoms with Gasteiger partial charge in [0, 0.05) is 12.2 Å². The van der Waals surface area contributed by atoms with Crippen molar-refractivity contribution in [2.24, 2.45) is 0 Å². The van der Waals surface area contributed by atoms with Gasteiger partial charge in [-0.25, -0.2) is 14.5 Å². The van der Waals surface area contributed by atoms with E-state index in [-0.39, 0.29) is 12.9 Å². The van der Waals surface area contributed by atoms with E-state index in [2.05, 4.69) is 9.78 Å². The first-order valence-electron chi connectivity index (χ1n) is 4.88. The van der Waals surface area contributed by atoms with Gasteiger partial charge in [0.1, 0.15) is 0 Å². The third-order valence-corrected chi connectivity index (χ3v) is 1.20. The van der Waals surface area contributed by atoms with Crippen LogP contribution in [0.4, 0.5) is 0 Å². The second kappa shape index (κ2) is 15.8. The van der Waals surface area contributed by atoms with Crippen molar-refractivity contribution in [3.8, 4) is 0 Å². The molecule has 8 heteroatoms. The molecule has 1 aromatic rings. The number of carboxylic acid groups (broad SMARTS) is 2. The summed E-state index contributed by atoms with van der Waals surface area (Å²) in [6.45, 7) is -0.355. The second-order valence-corrected chi connectivity index (χ2v) is 2.53. The van der Waals surface area contributed by atoms with E-state index in [0.717, 1.165) is 0 Å². The molecule has 1 aromatic carbocycles. The van der Waals surface area contributed by atoms with E-state index in [9.17, 15) is 14.4 Å². The van der Waals surface area contributed by atoms with E-state index >= 15 is 0 Å². The number of rotatable bonds is 4. The topological polar surface area (TPSA) is 127 Å². The molecule has 0 bridgehead atoms. The summed E-state index contributed by atoms with van der Waals surface area (Å²) in [6, 6.07) is 12.0. The number of aliphatic carboxylic acids is 1. The maximum absolute atomic E-state index is 10.3. The number of hydrogen-bond donors (Lipinski definition) is 2. The summed E-state index contributed by atoms with van der Waals surface area (Å²) in [4.78, 5) is 45.0. The van der Waals surface area contributed by atoms with Gasteiger partial charge in [-0.2, -0.15) is 0 Å². The Labute approximate surface area is 113 Å². The van der Waals surface area contributed by atoms with E-state index in [4.69, 9.17) is 15.0 Å². The predicted molar refractivity (Wildman–Crippen MR) is 65.2 cm³/mol. The first-order valence-corrected chi connectivity index (χ1v) is 4.88. The van der Waals surface area contributed by atoms with Crippen molar-refractivity contribution in [3.63, 3.8) is 0 Å². The number of carbonyl (C=O) groups is 4. The van der Waals surface area contributed by atoms with Gasteiger partial charge >= 0.3 is 18.4 Å². The largest absolute Gasteiger partial charge is 0.483 e. The molecule has 0 amide bonds. The van der Waals surface area contributed by atoms with E-state index in [1.165, 1.54) is 0 Å². The van der Waals surface area contributed by atoms with Crippen molar-refractivity contribution in [2.75, 3.05) is 0 Å². The normalized spacial score (nSPS) is 8.00. The van der Waals surface area contributed by atoms with Gasteiger partial charge in [-0.15, -0.1) is 0 Å². The van der Waals surface area contributed by atoms with Crippen LogP contribution in [0.25, 0.3) is 0 Å². The Bertz CT molecular complexity index is 386. The lowest BCUT2D eigenvalue weighted by Crippen LogP contribution is -2.01. The smallest absolute Gasteiger partial charge is 0.379 e. The molecule has 2 N–H and O–H groups in total. The Morgan fingerprint density at radius 2 is 1.30 bits per heavy atom. The highest BCUT2D eigenvalue weighted by molar-refractivity contribution is 5.90. The monoisotopic (exact) mass is 284 g/mol. The van der Waals surface area contributed by atoms with Crippen LogP contribution in [-0.2, 0) is 29.0 Å². The number of carbonyl (C=O) groups excluding carboxylic acids is 2. The predicted octanol–water partition coefficient (Wildman–Crippen LogP) is 0.646. The molecule has 0 aliphatic carbocycles. The van der Waals surface area contributed by atoms with Crippen LogP contribution in [0.1, 0.15) is 0 Å². The summed E-state index contributed by atoms with van der Waals surface area (Å²) < 4.78 is 0. The second-order valence-electron chi connectivity index (χ2n) is 2.53. The van der Waals surface area contributed by atoms with Crippen molar-refractivity contribution in [3.05, 3.63) is 48.6 Å². The minimum absolute atomic E-state index is 0.105. The molecule has 0 fully saturated rings. The van der Waals surface area contributed by atoms with Crippen LogP contribution in [0, 0.1) is 0 Å². The quantitative estimate of drug-likeness (QED) is 0.357. The molecule has 0 saturated heterocycles. The molecule has 0 spiro atoms. The van der Waals surface area contributed by atoms with Gasteiger partial charge in [-0.1, -0.05) is 36.4 Å². The first kappa shape index (κ1) is 19.2. The van der Waals surface area contributed by atoms with Crippen LogP contribution < -0.4 is 0 Å². The molecule has 0 heterocycles. The highest BCUT2D eigenvalue weighted by Gasteiger charge is 1.97. The maximum atomic E-state index is 10.3. The molecule has 0 radical (unpaired) electrons. The van der Waals surface area contributed by atoms with Gasteiger partial charge in [-0.05, 0) is 0 Å². The summed E-state index contributed by atoms with van der Waals surface area (Å²) >= 11 is 0. The van der Waals surface area contributed by atoms with Crippen molar-refractivity contribution < 1.29 is 39.2 Å². The van der Waals surface area contributed by atoms with Crippen LogP contribution in [0.15, 0.2) is 48.6 Å². The molecule has 0 aliphatic heterocycles. The Morgan fingerprint density at radius 1 is 0.900 bits per heavy atom. The number of benzene rings is 1. The standard InChI is InChI=1S/C6H6.C5H4O6.CH2O2/c1-2-4-6-5-3-1;6-3-10-11-5(9)2-1-4(7)8;2-1-3/h1-6H;1-3H,(H,7,8);1H,(H,2,3)/b;2-1-;. The highest BCUT2D eigenvalue weighted by atomic mass is 17.2. The number of hydrogen-bond acceptors (Lipinski definition) is 6. The molecule has 8 nitrogen and oxygen atoms in total. The molecule has 0 atom stereocenters. The van der Waals surface area contributed by atoms with E-state index in [1.807, 2.05) is 36.4 Å². The van der Waals surface area contributed by atoms with Gasteiger partial charge in [0.15, 0.2) is 0 Å². The summed E-state index contributed by atoms with van der Waals surface area (Å²) in [5.41, 5.74) is 0. The van der Waals surface area contributed by atoms with Crippen LogP contribution in [0.3, 0.4) is 0 Å². The Balaban J connectivity index is 0. The Hall–Kier alpha value is -3.16. The van der Waals surface area contributed by atoms with Crippen LogP contribution in [-0.4, -0.2) is 35.1 Å². The molecular formula is C12H12O8. The lowest BCUT2D eigenvalue weighted by atomic mass is 10.4. The summed E-state index contributed by atoms with van der Waals surface area (Å²) in [5.74, 6) is -2.37. The lowest BCUT2D eigenvalue weighted by molar-refractivity contribution is -0.243. The average molecular weight is 284 g/mol. The zero-order chi connectivity index (χ0) is 15.6. The maximum Gasteiger partial charge on any atom is 0.379 e. The van der Waals surface area contributed by atoms with Crippen LogP contribution in [0.5, 0.6) is 0 Å². The number of carboxylic acids is 1. The fourth-order valence-corrected chi connectivity index (χ4v) is 0.619. The van der Waals surface area contributed by atoms with Crippen LogP contribution in [0.2, 0.25) is 0 Å². The summed E-state index contributed by atoms with van der Waals surface area (Å²) in [6.07, 6.45) is 1.16. The van der Waals surface area contributed by atoms with Crippen molar-refractivity contribution >= 4 is 24.9 Å². The van der Waals surface area contributed by atoms with E-state index in [0.29, 0.717) is 12.2 Å². The lowest BCUT2D eigenvalue weighted by Gasteiger charge is -1.90. The van der Waals surface area contributed by atoms with Gasteiger partial charge in [0.05, 0.1) is 0 Å². The van der Waals surface area contributed by atoms with Crippen LogP contribution >= 0.6 is 0 Å².